The zero-order valence-electron chi connectivity index (χ0n) is 10.6. The number of nitrogens with zero attached hydrogens (tertiary/aromatic N) is 3. The van der Waals surface area contributed by atoms with E-state index in [1.54, 1.807) is 15.9 Å². The number of H-pyrrole nitrogens is 1. The molecule has 9 heteroatoms. The lowest BCUT2D eigenvalue weighted by Crippen LogP contribution is -2.12. The minimum Gasteiger partial charge on any atom is -0.369 e. The van der Waals surface area contributed by atoms with Gasteiger partial charge in [0.1, 0.15) is 0 Å². The largest absolute Gasteiger partial charge is 0.369 e. The van der Waals surface area contributed by atoms with Crippen LogP contribution in [-0.4, -0.2) is 19.5 Å². The molecule has 0 amide bonds. The van der Waals surface area contributed by atoms with Crippen LogP contribution in [0.2, 0.25) is 0 Å². The summed E-state index contributed by atoms with van der Waals surface area (Å²) in [6, 6.07) is 2.06. The van der Waals surface area contributed by atoms with Crippen molar-refractivity contribution in [3.8, 4) is 0 Å². The van der Waals surface area contributed by atoms with Crippen molar-refractivity contribution in [2.75, 3.05) is 11.5 Å². The van der Waals surface area contributed by atoms with E-state index in [0.717, 1.165) is 5.56 Å². The maximum Gasteiger partial charge on any atom is 0.280 e. The third kappa shape index (κ3) is 2.35. The zero-order valence-corrected chi connectivity index (χ0v) is 12.2. The third-order valence-corrected chi connectivity index (χ3v) is 3.69. The van der Waals surface area contributed by atoms with Crippen LogP contribution >= 0.6 is 23.7 Å². The molecular formula is C11H13ClN6OS. The number of anilines is 2. The number of hydrogen-bond acceptors (Lipinski definition) is 6. The fourth-order valence-corrected chi connectivity index (χ4v) is 2.66. The summed E-state index contributed by atoms with van der Waals surface area (Å²) >= 11 is 1.66. The molecule has 5 N–H and O–H groups in total. The Kier molecular flexibility index (Phi) is 3.69. The van der Waals surface area contributed by atoms with Crippen LogP contribution < -0.4 is 17.0 Å². The van der Waals surface area contributed by atoms with Crippen LogP contribution in [0, 0.1) is 6.92 Å². The highest BCUT2D eigenvalue weighted by atomic mass is 35.5. The van der Waals surface area contributed by atoms with Crippen molar-refractivity contribution in [3.63, 3.8) is 0 Å². The summed E-state index contributed by atoms with van der Waals surface area (Å²) in [5.74, 6) is 0.308. The van der Waals surface area contributed by atoms with Crippen molar-refractivity contribution >= 4 is 46.8 Å². The summed E-state index contributed by atoms with van der Waals surface area (Å²) < 4.78 is 1.68. The molecular weight excluding hydrogens is 300 g/mol. The first kappa shape index (κ1) is 14.4. The van der Waals surface area contributed by atoms with E-state index in [9.17, 15) is 4.79 Å². The smallest absolute Gasteiger partial charge is 0.280 e. The van der Waals surface area contributed by atoms with Crippen LogP contribution in [0.1, 0.15) is 10.4 Å². The van der Waals surface area contributed by atoms with Crippen LogP contribution in [0.4, 0.5) is 11.9 Å². The van der Waals surface area contributed by atoms with Gasteiger partial charge in [0.15, 0.2) is 11.2 Å². The number of imidazole rings is 1. The molecule has 7 nitrogen and oxygen atoms in total. The topological polar surface area (TPSA) is 116 Å². The lowest BCUT2D eigenvalue weighted by molar-refractivity contribution is 0.830. The minimum atomic E-state index is -0.380. The second-order valence-corrected chi connectivity index (χ2v) is 5.36. The molecule has 0 unspecified atom stereocenters. The van der Waals surface area contributed by atoms with E-state index < -0.39 is 0 Å². The van der Waals surface area contributed by atoms with Crippen molar-refractivity contribution < 1.29 is 0 Å². The summed E-state index contributed by atoms with van der Waals surface area (Å²) in [6.07, 6.45) is 0. The van der Waals surface area contributed by atoms with Gasteiger partial charge in [0.2, 0.25) is 11.9 Å². The number of nitrogen functional groups attached to an aromatic ring is 2. The van der Waals surface area contributed by atoms with Gasteiger partial charge in [-0.2, -0.15) is 4.98 Å². The number of hydrogen-bond donors (Lipinski definition) is 3. The molecule has 0 aliphatic rings. The fraction of sp³-hybridized carbons (Fsp3) is 0.182. The first-order valence-electron chi connectivity index (χ1n) is 5.60. The molecule has 0 aromatic carbocycles. The highest BCUT2D eigenvalue weighted by Crippen LogP contribution is 2.19. The van der Waals surface area contributed by atoms with Crippen LogP contribution in [0.3, 0.4) is 0 Å². The Hall–Kier alpha value is -2.06. The Labute approximate surface area is 124 Å². The monoisotopic (exact) mass is 312 g/mol. The number of aromatic amines is 1. The molecule has 3 aromatic heterocycles. The van der Waals surface area contributed by atoms with Crippen molar-refractivity contribution in [2.45, 2.75) is 13.5 Å². The summed E-state index contributed by atoms with van der Waals surface area (Å²) in [5.41, 5.74) is 12.7. The van der Waals surface area contributed by atoms with E-state index in [0.29, 0.717) is 12.2 Å². The molecule has 0 aliphatic carbocycles. The minimum absolute atomic E-state index is 0. The predicted molar refractivity (Wildman–Crippen MR) is 82.4 cm³/mol. The molecule has 0 saturated heterocycles. The molecule has 0 fully saturated rings. The van der Waals surface area contributed by atoms with Crippen molar-refractivity contribution in [3.05, 3.63) is 32.2 Å². The highest BCUT2D eigenvalue weighted by molar-refractivity contribution is 7.10. The SMILES string of the molecule is Cc1cc(Cn2c(N)nc3c(=O)[nH]c(N)nc32)cs1.Cl. The van der Waals surface area contributed by atoms with Crippen LogP contribution in [0.25, 0.3) is 11.2 Å². The molecule has 106 valence electrons. The first-order chi connectivity index (χ1) is 9.04. The van der Waals surface area contributed by atoms with Gasteiger partial charge in [-0.3, -0.25) is 14.3 Å². The van der Waals surface area contributed by atoms with Gasteiger partial charge >= 0.3 is 0 Å². The molecule has 0 radical (unpaired) electrons. The number of fused-ring (bicyclic) bond motifs is 1. The molecule has 3 rings (SSSR count). The number of halogens is 1. The maximum atomic E-state index is 11.7. The van der Waals surface area contributed by atoms with Gasteiger partial charge in [-0.15, -0.1) is 23.7 Å². The molecule has 0 atom stereocenters. The Morgan fingerprint density at radius 1 is 1.40 bits per heavy atom. The van der Waals surface area contributed by atoms with Crippen molar-refractivity contribution in [2.24, 2.45) is 0 Å². The van der Waals surface area contributed by atoms with Gasteiger partial charge < -0.3 is 11.5 Å². The first-order valence-corrected chi connectivity index (χ1v) is 6.48. The number of nitrogens with one attached hydrogen (secondary N) is 1. The van der Waals surface area contributed by atoms with Crippen molar-refractivity contribution in [1.29, 1.82) is 0 Å². The average Bonchev–Trinajstić information content (AvgIpc) is 2.87. The van der Waals surface area contributed by atoms with E-state index >= 15 is 0 Å². The lowest BCUT2D eigenvalue weighted by Gasteiger charge is -2.03. The standard InChI is InChI=1S/C11H12N6OS.ClH/c1-5-2-6(4-19-5)3-17-8-7(14-11(17)13)9(18)16-10(12)15-8;/h2,4H,3H2,1H3,(H2,13,14)(H3,12,15,16,18);1H. The molecule has 0 saturated carbocycles. The molecule has 3 heterocycles. The Bertz CT molecular complexity index is 820. The average molecular weight is 313 g/mol. The number of thiophene rings is 1. The van der Waals surface area contributed by atoms with Crippen molar-refractivity contribution in [1.82, 2.24) is 19.5 Å². The predicted octanol–water partition coefficient (Wildman–Crippen LogP) is 1.12. The number of rotatable bonds is 2. The van der Waals surface area contributed by atoms with Crippen LogP contribution in [0.5, 0.6) is 0 Å². The molecule has 3 aromatic rings. The maximum absolute atomic E-state index is 11.7. The van der Waals surface area contributed by atoms with E-state index in [4.69, 9.17) is 11.5 Å². The van der Waals surface area contributed by atoms with E-state index in [1.165, 1.54) is 4.88 Å². The van der Waals surface area contributed by atoms with Gasteiger partial charge in [-0.25, -0.2) is 4.98 Å². The van der Waals surface area contributed by atoms with Gasteiger partial charge in [0.25, 0.3) is 5.56 Å². The summed E-state index contributed by atoms with van der Waals surface area (Å²) in [5, 5.41) is 2.04. The third-order valence-electron chi connectivity index (χ3n) is 2.78. The normalized spacial score (nSPS) is 10.7. The summed E-state index contributed by atoms with van der Waals surface area (Å²) in [6.45, 7) is 2.55. The quantitative estimate of drug-likeness (QED) is 0.656. The number of aryl methyl sites for hydroxylation is 1. The Morgan fingerprint density at radius 3 is 2.80 bits per heavy atom. The molecule has 0 aliphatic heterocycles. The lowest BCUT2D eigenvalue weighted by atomic mass is 10.3. The van der Waals surface area contributed by atoms with Crippen LogP contribution in [0.15, 0.2) is 16.2 Å². The van der Waals surface area contributed by atoms with E-state index in [-0.39, 0.29) is 35.4 Å². The van der Waals surface area contributed by atoms with Crippen LogP contribution in [-0.2, 0) is 6.54 Å². The Balaban J connectivity index is 0.00000147. The Morgan fingerprint density at radius 2 is 2.15 bits per heavy atom. The number of nitrogens with two attached hydrogens (primary N) is 2. The highest BCUT2D eigenvalue weighted by Gasteiger charge is 2.14. The second-order valence-electron chi connectivity index (χ2n) is 4.25. The molecule has 0 bridgehead atoms. The zero-order chi connectivity index (χ0) is 13.6. The van der Waals surface area contributed by atoms with Gasteiger partial charge in [0.05, 0.1) is 6.54 Å². The molecule has 0 spiro atoms. The van der Waals surface area contributed by atoms with Gasteiger partial charge in [-0.05, 0) is 23.9 Å². The van der Waals surface area contributed by atoms with E-state index in [2.05, 4.69) is 21.0 Å². The summed E-state index contributed by atoms with van der Waals surface area (Å²) in [7, 11) is 0. The fourth-order valence-electron chi connectivity index (χ4n) is 1.96. The van der Waals surface area contributed by atoms with Gasteiger partial charge in [-0.1, -0.05) is 0 Å². The van der Waals surface area contributed by atoms with E-state index in [1.807, 2.05) is 12.3 Å². The van der Waals surface area contributed by atoms with Gasteiger partial charge in [0, 0.05) is 4.88 Å². The summed E-state index contributed by atoms with van der Waals surface area (Å²) in [4.78, 5) is 23.5. The number of aromatic nitrogens is 4. The second kappa shape index (κ2) is 5.14. The molecule has 20 heavy (non-hydrogen) atoms.